The summed E-state index contributed by atoms with van der Waals surface area (Å²) in [6.07, 6.45) is 2.03. The van der Waals surface area contributed by atoms with Crippen LogP contribution in [0, 0.1) is 0 Å². The summed E-state index contributed by atoms with van der Waals surface area (Å²) < 4.78 is 38.4. The number of rotatable bonds is 2. The van der Waals surface area contributed by atoms with Gasteiger partial charge < -0.3 is 14.3 Å². The Labute approximate surface area is 202 Å². The van der Waals surface area contributed by atoms with E-state index in [1.165, 1.54) is 29.4 Å². The molecular weight excluding hydrogens is 466 g/mol. The highest BCUT2D eigenvalue weighted by Crippen LogP contribution is 2.51. The van der Waals surface area contributed by atoms with E-state index in [2.05, 4.69) is 48.6 Å². The molecule has 6 rings (SSSR count). The summed E-state index contributed by atoms with van der Waals surface area (Å²) >= 11 is 0. The Morgan fingerprint density at radius 2 is 1.77 bits per heavy atom. The Kier molecular flexibility index (Phi) is 4.43. The summed E-state index contributed by atoms with van der Waals surface area (Å²) in [6, 6.07) is 8.02. The van der Waals surface area contributed by atoms with Gasteiger partial charge >= 0.3 is 5.63 Å². The molecule has 0 atom stereocenters. The van der Waals surface area contributed by atoms with Gasteiger partial charge in [0, 0.05) is 29.7 Å². The number of imidazole rings is 1. The molecule has 0 bridgehead atoms. The number of aromatic amines is 1. The van der Waals surface area contributed by atoms with Crippen LogP contribution in [-0.4, -0.2) is 36.0 Å². The van der Waals surface area contributed by atoms with Gasteiger partial charge in [0.05, 0.1) is 15.9 Å². The van der Waals surface area contributed by atoms with Crippen molar-refractivity contribution >= 4 is 37.8 Å². The van der Waals surface area contributed by atoms with Crippen LogP contribution < -0.4 is 10.5 Å². The van der Waals surface area contributed by atoms with Gasteiger partial charge in [-0.3, -0.25) is 4.55 Å². The van der Waals surface area contributed by atoms with Gasteiger partial charge in [-0.1, -0.05) is 27.7 Å². The first-order valence-electron chi connectivity index (χ1n) is 11.7. The Morgan fingerprint density at radius 1 is 1.06 bits per heavy atom. The van der Waals surface area contributed by atoms with Gasteiger partial charge in [0.15, 0.2) is 0 Å². The first-order chi connectivity index (χ1) is 16.3. The van der Waals surface area contributed by atoms with E-state index in [0.29, 0.717) is 16.6 Å². The van der Waals surface area contributed by atoms with Crippen LogP contribution >= 0.6 is 0 Å². The molecule has 182 valence electrons. The molecule has 9 heteroatoms. The summed E-state index contributed by atoms with van der Waals surface area (Å²) in [4.78, 5) is 22.9. The van der Waals surface area contributed by atoms with E-state index in [0.717, 1.165) is 36.9 Å². The molecule has 0 fully saturated rings. The van der Waals surface area contributed by atoms with Gasteiger partial charge in [-0.15, -0.1) is 0 Å². The number of aromatic nitrogens is 2. The topological polar surface area (TPSA) is 116 Å². The number of hydrogen-bond acceptors (Lipinski definition) is 6. The summed E-state index contributed by atoms with van der Waals surface area (Å²) in [5.74, 6) is 0.287. The first-order valence-corrected chi connectivity index (χ1v) is 13.2. The van der Waals surface area contributed by atoms with Crippen molar-refractivity contribution in [1.29, 1.82) is 0 Å². The number of nitrogens with one attached hydrogen (secondary N) is 1. The van der Waals surface area contributed by atoms with Crippen molar-refractivity contribution in [2.75, 3.05) is 18.0 Å². The number of anilines is 1. The fourth-order valence-corrected chi connectivity index (χ4v) is 6.10. The molecule has 0 amide bonds. The van der Waals surface area contributed by atoms with Gasteiger partial charge in [0.25, 0.3) is 10.1 Å². The Morgan fingerprint density at radius 3 is 2.49 bits per heavy atom. The highest BCUT2D eigenvalue weighted by Gasteiger charge is 2.42. The van der Waals surface area contributed by atoms with Crippen molar-refractivity contribution in [3.63, 3.8) is 0 Å². The lowest BCUT2D eigenvalue weighted by atomic mass is 9.69. The summed E-state index contributed by atoms with van der Waals surface area (Å²) in [5, 5.41) is 0.845. The standard InChI is InChI=1S/C26H27N3O5S/c1-25(2)7-9-29-10-8-26(3,4)20-21(29)17(25)12-14-11-16(24(30)34-22(14)20)23-27-18-6-5-15(35(31,32)33)13-19(18)28-23/h5-6,11-13H,7-10H2,1-4H3,(H,27,28)(H,31,32,33). The Hall–Kier alpha value is -3.17. The average molecular weight is 494 g/mol. The van der Waals surface area contributed by atoms with Crippen LogP contribution in [-0.2, 0) is 20.9 Å². The zero-order chi connectivity index (χ0) is 24.9. The Bertz CT molecular complexity index is 1710. The van der Waals surface area contributed by atoms with Crippen LogP contribution in [0.2, 0.25) is 0 Å². The molecular formula is C26H27N3O5S. The molecule has 0 unspecified atom stereocenters. The smallest absolute Gasteiger partial charge is 0.347 e. The molecule has 0 saturated carbocycles. The van der Waals surface area contributed by atoms with E-state index in [1.807, 2.05) is 6.07 Å². The maximum absolute atomic E-state index is 13.2. The number of nitrogens with zero attached hydrogens (tertiary/aromatic N) is 2. The average Bonchev–Trinajstić information content (AvgIpc) is 3.19. The van der Waals surface area contributed by atoms with Crippen molar-refractivity contribution in [3.8, 4) is 11.4 Å². The third-order valence-corrected chi connectivity index (χ3v) is 8.59. The second kappa shape index (κ2) is 6.95. The van der Waals surface area contributed by atoms with Crippen molar-refractivity contribution in [3.05, 3.63) is 51.9 Å². The fraction of sp³-hybridized carbons (Fsp3) is 0.385. The van der Waals surface area contributed by atoms with Crippen molar-refractivity contribution in [1.82, 2.24) is 9.97 Å². The monoisotopic (exact) mass is 493 g/mol. The van der Waals surface area contributed by atoms with E-state index < -0.39 is 15.7 Å². The minimum absolute atomic E-state index is 0.00988. The summed E-state index contributed by atoms with van der Waals surface area (Å²) in [6.45, 7) is 10.9. The molecule has 2 aromatic heterocycles. The lowest BCUT2D eigenvalue weighted by Crippen LogP contribution is -2.44. The van der Waals surface area contributed by atoms with Gasteiger partial charge in [-0.2, -0.15) is 8.42 Å². The lowest BCUT2D eigenvalue weighted by Gasteiger charge is -2.48. The van der Waals surface area contributed by atoms with Crippen LogP contribution in [0.1, 0.15) is 51.7 Å². The third kappa shape index (κ3) is 3.32. The fourth-order valence-electron chi connectivity index (χ4n) is 5.59. The quantitative estimate of drug-likeness (QED) is 0.306. The molecule has 4 heterocycles. The van der Waals surface area contributed by atoms with E-state index in [1.54, 1.807) is 0 Å². The predicted molar refractivity (Wildman–Crippen MR) is 135 cm³/mol. The van der Waals surface area contributed by atoms with Crippen molar-refractivity contribution in [2.24, 2.45) is 0 Å². The highest BCUT2D eigenvalue weighted by molar-refractivity contribution is 7.85. The van der Waals surface area contributed by atoms with E-state index in [-0.39, 0.29) is 27.1 Å². The second-order valence-electron chi connectivity index (χ2n) is 11.0. The first kappa shape index (κ1) is 22.3. The van der Waals surface area contributed by atoms with Gasteiger partial charge in [-0.05, 0) is 59.6 Å². The number of H-pyrrole nitrogens is 1. The molecule has 0 spiro atoms. The minimum atomic E-state index is -4.36. The molecule has 35 heavy (non-hydrogen) atoms. The Balaban J connectivity index is 1.61. The molecule has 2 N–H and O–H groups in total. The van der Waals surface area contributed by atoms with Crippen LogP contribution in [0.3, 0.4) is 0 Å². The minimum Gasteiger partial charge on any atom is -0.422 e. The van der Waals surface area contributed by atoms with E-state index in [9.17, 15) is 17.8 Å². The van der Waals surface area contributed by atoms with E-state index >= 15 is 0 Å². The van der Waals surface area contributed by atoms with Crippen LogP contribution in [0.5, 0.6) is 0 Å². The van der Waals surface area contributed by atoms with E-state index in [4.69, 9.17) is 4.42 Å². The molecule has 4 aromatic rings. The van der Waals surface area contributed by atoms with Crippen molar-refractivity contribution in [2.45, 2.75) is 56.3 Å². The van der Waals surface area contributed by atoms with Crippen LogP contribution in [0.25, 0.3) is 33.4 Å². The maximum atomic E-state index is 13.2. The molecule has 2 aliphatic rings. The maximum Gasteiger partial charge on any atom is 0.347 e. The zero-order valence-corrected chi connectivity index (χ0v) is 20.9. The molecule has 0 saturated heterocycles. The normalized spacial score (nSPS) is 18.7. The molecule has 2 aliphatic heterocycles. The summed E-state index contributed by atoms with van der Waals surface area (Å²) in [7, 11) is -4.36. The highest BCUT2D eigenvalue weighted by atomic mass is 32.2. The van der Waals surface area contributed by atoms with Crippen molar-refractivity contribution < 1.29 is 17.4 Å². The molecule has 2 aromatic carbocycles. The SMILES string of the molecule is CC1(C)CCN2CCC(C)(C)c3c2c1cc1cc(-c2nc4ccc(S(=O)(=O)O)cc4[nH]2)c(=O)oc31. The predicted octanol–water partition coefficient (Wildman–Crippen LogP) is 4.75. The molecule has 0 aliphatic carbocycles. The number of hydrogen-bond donors (Lipinski definition) is 2. The van der Waals surface area contributed by atoms with Gasteiger partial charge in [-0.25, -0.2) is 9.78 Å². The largest absolute Gasteiger partial charge is 0.422 e. The number of benzene rings is 2. The lowest BCUT2D eigenvalue weighted by molar-refractivity contribution is 0.398. The zero-order valence-electron chi connectivity index (χ0n) is 20.1. The van der Waals surface area contributed by atoms with Crippen LogP contribution in [0.15, 0.2) is 44.4 Å². The van der Waals surface area contributed by atoms with Crippen LogP contribution in [0.4, 0.5) is 5.69 Å². The summed E-state index contributed by atoms with van der Waals surface area (Å²) in [5.41, 5.74) is 4.67. The third-order valence-electron chi connectivity index (χ3n) is 7.74. The molecule has 0 radical (unpaired) electrons. The molecule has 8 nitrogen and oxygen atoms in total. The van der Waals surface area contributed by atoms with Gasteiger partial charge in [0.2, 0.25) is 0 Å². The van der Waals surface area contributed by atoms with Gasteiger partial charge in [0.1, 0.15) is 17.0 Å². The number of fused-ring (bicyclic) bond motifs is 3. The second-order valence-corrected chi connectivity index (χ2v) is 12.4.